The molecular formula is C27H24N8O4S2. The molecule has 0 atom stereocenters. The third-order valence-corrected chi connectivity index (χ3v) is 9.40. The van der Waals surface area contributed by atoms with E-state index in [4.69, 9.17) is 0 Å². The highest BCUT2D eigenvalue weighted by Gasteiger charge is 2.16. The van der Waals surface area contributed by atoms with E-state index in [2.05, 4.69) is 40.3 Å². The predicted molar refractivity (Wildman–Crippen MR) is 152 cm³/mol. The van der Waals surface area contributed by atoms with Gasteiger partial charge in [-0.3, -0.25) is 0 Å². The molecule has 0 spiro atoms. The van der Waals surface area contributed by atoms with Crippen molar-refractivity contribution in [2.24, 2.45) is 0 Å². The van der Waals surface area contributed by atoms with Gasteiger partial charge < -0.3 is 0 Å². The van der Waals surface area contributed by atoms with Crippen molar-refractivity contribution >= 4 is 42.1 Å². The van der Waals surface area contributed by atoms with Crippen molar-refractivity contribution in [1.29, 1.82) is 0 Å². The van der Waals surface area contributed by atoms with Crippen LogP contribution in [0.1, 0.15) is 22.3 Å². The third kappa shape index (κ3) is 6.00. The first kappa shape index (κ1) is 26.7. The van der Waals surface area contributed by atoms with E-state index >= 15 is 0 Å². The van der Waals surface area contributed by atoms with Crippen molar-refractivity contribution in [3.63, 3.8) is 0 Å². The van der Waals surface area contributed by atoms with Crippen molar-refractivity contribution < 1.29 is 16.8 Å². The molecular weight excluding hydrogens is 564 g/mol. The highest BCUT2D eigenvalue weighted by atomic mass is 32.2. The van der Waals surface area contributed by atoms with Gasteiger partial charge in [-0.2, -0.15) is 30.8 Å². The van der Waals surface area contributed by atoms with E-state index in [-0.39, 0.29) is 22.9 Å². The van der Waals surface area contributed by atoms with E-state index in [1.54, 1.807) is 84.9 Å². The van der Waals surface area contributed by atoms with Gasteiger partial charge in [0.2, 0.25) is 20.0 Å². The monoisotopic (exact) mass is 588 g/mol. The second-order valence-electron chi connectivity index (χ2n) is 9.41. The normalized spacial score (nSPS) is 12.3. The van der Waals surface area contributed by atoms with Crippen LogP contribution in [0, 0.1) is 0 Å². The van der Waals surface area contributed by atoms with Crippen LogP contribution in [0.15, 0.2) is 94.7 Å². The van der Waals surface area contributed by atoms with Crippen molar-refractivity contribution in [3.05, 3.63) is 107 Å². The molecule has 0 aliphatic heterocycles. The van der Waals surface area contributed by atoms with E-state index in [9.17, 15) is 16.8 Å². The van der Waals surface area contributed by atoms with Gasteiger partial charge in [-0.1, -0.05) is 36.4 Å². The van der Waals surface area contributed by atoms with Gasteiger partial charge in [0.05, 0.1) is 9.79 Å². The maximum Gasteiger partial charge on any atom is 0.240 e. The summed E-state index contributed by atoms with van der Waals surface area (Å²) in [6, 6.07) is 23.9. The van der Waals surface area contributed by atoms with E-state index < -0.39 is 20.0 Å². The molecule has 0 radical (unpaired) electrons. The van der Waals surface area contributed by atoms with Crippen LogP contribution < -0.4 is 9.44 Å². The van der Waals surface area contributed by atoms with Gasteiger partial charge in [0.1, 0.15) is 22.1 Å². The predicted octanol–water partition coefficient (Wildman–Crippen LogP) is 2.78. The zero-order valence-electron chi connectivity index (χ0n) is 21.4. The fourth-order valence-corrected chi connectivity index (χ4v) is 6.36. The molecule has 0 saturated heterocycles. The van der Waals surface area contributed by atoms with Crippen molar-refractivity contribution in [2.75, 3.05) is 0 Å². The summed E-state index contributed by atoms with van der Waals surface area (Å²) in [5.41, 5.74) is 6.04. The Morgan fingerprint density at radius 3 is 1.27 bits per heavy atom. The summed E-state index contributed by atoms with van der Waals surface area (Å²) in [6.07, 6.45) is 0.511. The Balaban J connectivity index is 1.06. The van der Waals surface area contributed by atoms with Crippen LogP contribution in [0.2, 0.25) is 0 Å². The molecule has 12 nitrogen and oxygen atoms in total. The lowest BCUT2D eigenvalue weighted by atomic mass is 10.1. The van der Waals surface area contributed by atoms with Crippen molar-refractivity contribution in [1.82, 2.24) is 40.3 Å². The average Bonchev–Trinajstić information content (AvgIpc) is 3.65. The van der Waals surface area contributed by atoms with Gasteiger partial charge in [-0.05, 0) is 77.2 Å². The number of aromatic amines is 2. The molecule has 0 aliphatic rings. The van der Waals surface area contributed by atoms with E-state index in [0.717, 1.165) is 22.3 Å². The summed E-state index contributed by atoms with van der Waals surface area (Å²) >= 11 is 0. The Hall–Kier alpha value is -4.50. The highest BCUT2D eigenvalue weighted by Crippen LogP contribution is 2.18. The number of sulfonamides is 2. The van der Waals surface area contributed by atoms with Gasteiger partial charge >= 0.3 is 0 Å². The summed E-state index contributed by atoms with van der Waals surface area (Å²) in [6.45, 7) is 0.238. The number of hydrogen-bond acceptors (Lipinski definition) is 8. The Labute approximate surface area is 235 Å². The highest BCUT2D eigenvalue weighted by molar-refractivity contribution is 7.89. The lowest BCUT2D eigenvalue weighted by molar-refractivity contribution is 0.579. The molecule has 0 unspecified atom stereocenters. The zero-order chi connectivity index (χ0) is 28.5. The Morgan fingerprint density at radius 1 is 0.488 bits per heavy atom. The average molecular weight is 589 g/mol. The van der Waals surface area contributed by atoms with Crippen LogP contribution >= 0.6 is 0 Å². The molecule has 41 heavy (non-hydrogen) atoms. The summed E-state index contributed by atoms with van der Waals surface area (Å²) in [5, 5.41) is 21.1. The van der Waals surface area contributed by atoms with Crippen LogP contribution in [0.5, 0.6) is 0 Å². The van der Waals surface area contributed by atoms with Gasteiger partial charge in [0, 0.05) is 13.1 Å². The number of benzene rings is 4. The van der Waals surface area contributed by atoms with Crippen LogP contribution in [0.3, 0.4) is 0 Å². The van der Waals surface area contributed by atoms with Gasteiger partial charge in [-0.15, -0.1) is 0 Å². The summed E-state index contributed by atoms with van der Waals surface area (Å²) in [7, 11) is -7.44. The quantitative estimate of drug-likeness (QED) is 0.189. The molecule has 6 aromatic rings. The number of hydrogen-bond donors (Lipinski definition) is 4. The minimum absolute atomic E-state index is 0.119. The van der Waals surface area contributed by atoms with E-state index in [1.807, 2.05) is 0 Å². The third-order valence-electron chi connectivity index (χ3n) is 6.57. The molecule has 0 saturated carbocycles. The molecule has 4 aromatic carbocycles. The standard InChI is InChI=1S/C27H24N8O4S2/c36-40(37,28-16-20-5-11-24-26(14-20)32-34-30-24)22-7-1-18(2-8-22)13-19-3-9-23(10-4-19)41(38,39)29-17-21-6-12-25-27(15-21)33-35-31-25/h1-12,14-15,28-29H,13,16-17H2,(H,30,32,34)(H,31,33,35). The number of nitrogens with zero attached hydrogens (tertiary/aromatic N) is 4. The fourth-order valence-electron chi connectivity index (χ4n) is 4.32. The van der Waals surface area contributed by atoms with Gasteiger partial charge in [0.15, 0.2) is 0 Å². The first-order chi connectivity index (χ1) is 19.7. The summed E-state index contributed by atoms with van der Waals surface area (Å²) in [4.78, 5) is 0.304. The van der Waals surface area contributed by atoms with Gasteiger partial charge in [0.25, 0.3) is 0 Å². The smallest absolute Gasteiger partial charge is 0.207 e. The number of aromatic nitrogens is 6. The topological polar surface area (TPSA) is 175 Å². The van der Waals surface area contributed by atoms with Crippen LogP contribution in [0.25, 0.3) is 22.1 Å². The number of nitrogens with one attached hydrogen (secondary N) is 4. The second-order valence-corrected chi connectivity index (χ2v) is 12.9. The van der Waals surface area contributed by atoms with Crippen molar-refractivity contribution in [3.8, 4) is 0 Å². The molecule has 0 aliphatic carbocycles. The summed E-state index contributed by atoms with van der Waals surface area (Å²) < 4.78 is 56.4. The Bertz CT molecular complexity index is 1910. The first-order valence-corrected chi connectivity index (χ1v) is 15.5. The maximum atomic E-state index is 12.8. The first-order valence-electron chi connectivity index (χ1n) is 12.5. The number of fused-ring (bicyclic) bond motifs is 2. The Morgan fingerprint density at radius 2 is 0.854 bits per heavy atom. The molecule has 2 heterocycles. The lowest BCUT2D eigenvalue weighted by Gasteiger charge is -2.09. The minimum Gasteiger partial charge on any atom is -0.207 e. The maximum absolute atomic E-state index is 12.8. The molecule has 0 bridgehead atoms. The van der Waals surface area contributed by atoms with Crippen LogP contribution in [-0.4, -0.2) is 47.7 Å². The summed E-state index contributed by atoms with van der Waals surface area (Å²) in [5.74, 6) is 0. The van der Waals surface area contributed by atoms with E-state index in [0.29, 0.717) is 28.5 Å². The second kappa shape index (κ2) is 10.8. The van der Waals surface area contributed by atoms with Crippen LogP contribution in [0.4, 0.5) is 0 Å². The lowest BCUT2D eigenvalue weighted by Crippen LogP contribution is -2.23. The number of rotatable bonds is 10. The minimum atomic E-state index is -3.72. The fraction of sp³-hybridized carbons (Fsp3) is 0.111. The number of H-pyrrole nitrogens is 2. The molecule has 208 valence electrons. The largest absolute Gasteiger partial charge is 0.240 e. The molecule has 4 N–H and O–H groups in total. The Kier molecular flexibility index (Phi) is 7.05. The van der Waals surface area contributed by atoms with Crippen LogP contribution in [-0.2, 0) is 39.6 Å². The molecule has 0 fully saturated rings. The molecule has 2 aromatic heterocycles. The SMILES string of the molecule is O=S(=O)(NCc1ccc2n[nH]nc2c1)c1ccc(Cc2ccc(S(=O)(=O)NCc3ccc4n[nH]nc4c3)cc2)cc1. The van der Waals surface area contributed by atoms with E-state index in [1.165, 1.54) is 0 Å². The van der Waals surface area contributed by atoms with Gasteiger partial charge in [-0.25, -0.2) is 26.3 Å². The molecule has 6 rings (SSSR count). The van der Waals surface area contributed by atoms with Crippen molar-refractivity contribution in [2.45, 2.75) is 29.3 Å². The molecule has 0 amide bonds. The molecule has 14 heteroatoms. The zero-order valence-corrected chi connectivity index (χ0v) is 23.1.